The maximum atomic E-state index is 12.8. The highest BCUT2D eigenvalue weighted by Gasteiger charge is 2.45. The first-order valence-corrected chi connectivity index (χ1v) is 9.94. The van der Waals surface area contributed by atoms with E-state index in [0.29, 0.717) is 12.3 Å². The standard InChI is InChI=1S/C20H26N4OS/c1-19(2)10-12(11-20(3,4)23-19)24-16(25)9-13(17(24)21)18-22-14-7-5-6-8-15(14)26-18/h5-8,12,21-23H,9-11H2,1-4H3/b18-13+,21-17?. The first-order valence-electron chi connectivity index (χ1n) is 9.13. The fourth-order valence-electron chi connectivity index (χ4n) is 4.67. The van der Waals surface area contributed by atoms with Gasteiger partial charge in [0.05, 0.1) is 17.1 Å². The molecule has 0 radical (unpaired) electrons. The van der Waals surface area contributed by atoms with Gasteiger partial charge in [0.2, 0.25) is 5.91 Å². The molecule has 2 saturated heterocycles. The van der Waals surface area contributed by atoms with E-state index < -0.39 is 0 Å². The van der Waals surface area contributed by atoms with Crippen LogP contribution in [0.25, 0.3) is 0 Å². The van der Waals surface area contributed by atoms with Gasteiger partial charge in [-0.2, -0.15) is 0 Å². The molecule has 3 heterocycles. The molecular weight excluding hydrogens is 344 g/mol. The Balaban J connectivity index is 1.62. The zero-order chi connectivity index (χ0) is 18.7. The van der Waals surface area contributed by atoms with E-state index in [0.717, 1.165) is 34.0 Å². The van der Waals surface area contributed by atoms with Gasteiger partial charge in [-0.25, -0.2) is 0 Å². The number of amides is 1. The summed E-state index contributed by atoms with van der Waals surface area (Å²) in [4.78, 5) is 15.7. The van der Waals surface area contributed by atoms with E-state index in [1.54, 1.807) is 16.7 Å². The van der Waals surface area contributed by atoms with Gasteiger partial charge in [-0.15, -0.1) is 0 Å². The molecule has 0 spiro atoms. The quantitative estimate of drug-likeness (QED) is 0.700. The molecule has 0 saturated carbocycles. The number of amidine groups is 1. The third kappa shape index (κ3) is 3.05. The van der Waals surface area contributed by atoms with E-state index in [1.807, 2.05) is 18.2 Å². The van der Waals surface area contributed by atoms with Crippen molar-refractivity contribution in [1.82, 2.24) is 10.2 Å². The van der Waals surface area contributed by atoms with Crippen LogP contribution in [0.5, 0.6) is 0 Å². The average molecular weight is 371 g/mol. The van der Waals surface area contributed by atoms with Crippen molar-refractivity contribution in [1.29, 1.82) is 5.41 Å². The number of likely N-dealkylation sites (tertiary alicyclic amines) is 1. The lowest BCUT2D eigenvalue weighted by atomic mass is 9.79. The Kier molecular flexibility index (Phi) is 3.97. The molecule has 3 aliphatic heterocycles. The third-order valence-corrected chi connectivity index (χ3v) is 6.41. The van der Waals surface area contributed by atoms with Crippen LogP contribution in [-0.4, -0.2) is 33.8 Å². The molecule has 5 nitrogen and oxygen atoms in total. The van der Waals surface area contributed by atoms with Gasteiger partial charge in [0, 0.05) is 27.6 Å². The maximum absolute atomic E-state index is 12.8. The normalized spacial score (nSPS) is 27.6. The van der Waals surface area contributed by atoms with Crippen molar-refractivity contribution in [3.63, 3.8) is 0 Å². The minimum absolute atomic E-state index is 0.0503. The zero-order valence-corrected chi connectivity index (χ0v) is 16.6. The predicted octanol–water partition coefficient (Wildman–Crippen LogP) is 3.93. The minimum atomic E-state index is -0.0561. The van der Waals surface area contributed by atoms with E-state index in [9.17, 15) is 4.79 Å². The number of hydrogen-bond acceptors (Lipinski definition) is 5. The number of rotatable bonds is 1. The van der Waals surface area contributed by atoms with E-state index in [2.05, 4.69) is 44.4 Å². The largest absolute Gasteiger partial charge is 0.349 e. The number of para-hydroxylation sites is 1. The topological polar surface area (TPSA) is 68.2 Å². The van der Waals surface area contributed by atoms with Crippen LogP contribution in [0.1, 0.15) is 47.0 Å². The van der Waals surface area contributed by atoms with Crippen molar-refractivity contribution >= 4 is 29.2 Å². The Bertz CT molecular complexity index is 784. The second-order valence-corrected chi connectivity index (χ2v) is 9.83. The summed E-state index contributed by atoms with van der Waals surface area (Å²) in [5.41, 5.74) is 1.77. The highest BCUT2D eigenvalue weighted by atomic mass is 32.2. The van der Waals surface area contributed by atoms with Gasteiger partial charge < -0.3 is 10.6 Å². The number of nitrogens with zero attached hydrogens (tertiary/aromatic N) is 1. The summed E-state index contributed by atoms with van der Waals surface area (Å²) in [5.74, 6) is 0.422. The minimum Gasteiger partial charge on any atom is -0.349 e. The molecule has 0 aromatic heterocycles. The lowest BCUT2D eigenvalue weighted by Gasteiger charge is -2.48. The van der Waals surface area contributed by atoms with Gasteiger partial charge in [0.25, 0.3) is 0 Å². The second-order valence-electron chi connectivity index (χ2n) is 8.77. The number of benzene rings is 1. The SMILES string of the molecule is CC1(C)CC(N2C(=N)/C(=C3\Nc4ccccc4S3)CC2=O)CC(C)(C)N1. The Labute approximate surface area is 159 Å². The summed E-state index contributed by atoms with van der Waals surface area (Å²) >= 11 is 1.62. The van der Waals surface area contributed by atoms with Crippen LogP contribution in [0.15, 0.2) is 39.8 Å². The van der Waals surface area contributed by atoms with Crippen LogP contribution in [0.3, 0.4) is 0 Å². The Morgan fingerprint density at radius 3 is 2.46 bits per heavy atom. The molecule has 2 fully saturated rings. The molecule has 3 aliphatic rings. The molecule has 0 aliphatic carbocycles. The van der Waals surface area contributed by atoms with Crippen molar-refractivity contribution in [3.05, 3.63) is 34.9 Å². The molecular formula is C20H26N4OS. The lowest BCUT2D eigenvalue weighted by molar-refractivity contribution is -0.128. The molecule has 0 unspecified atom stereocenters. The Hall–Kier alpha value is -1.79. The van der Waals surface area contributed by atoms with Gasteiger partial charge in [0.1, 0.15) is 5.84 Å². The van der Waals surface area contributed by atoms with Crippen molar-refractivity contribution in [2.24, 2.45) is 0 Å². The number of fused-ring (bicyclic) bond motifs is 1. The maximum Gasteiger partial charge on any atom is 0.233 e. The fraction of sp³-hybridized carbons (Fsp3) is 0.500. The summed E-state index contributed by atoms with van der Waals surface area (Å²) in [5, 5.41) is 16.7. The van der Waals surface area contributed by atoms with Gasteiger partial charge in [-0.1, -0.05) is 23.9 Å². The number of hydrogen-bond donors (Lipinski definition) is 3. The fourth-order valence-corrected chi connectivity index (χ4v) is 5.72. The van der Waals surface area contributed by atoms with Crippen molar-refractivity contribution in [2.75, 3.05) is 5.32 Å². The highest BCUT2D eigenvalue weighted by molar-refractivity contribution is 8.03. The smallest absolute Gasteiger partial charge is 0.233 e. The van der Waals surface area contributed by atoms with Crippen LogP contribution >= 0.6 is 11.8 Å². The van der Waals surface area contributed by atoms with Crippen LogP contribution < -0.4 is 10.6 Å². The molecule has 0 bridgehead atoms. The Morgan fingerprint density at radius 2 is 1.81 bits per heavy atom. The van der Waals surface area contributed by atoms with Crippen molar-refractivity contribution in [3.8, 4) is 0 Å². The molecule has 138 valence electrons. The van der Waals surface area contributed by atoms with Crippen LogP contribution in [0.4, 0.5) is 5.69 Å². The number of piperidine rings is 1. The number of nitrogens with one attached hydrogen (secondary N) is 3. The van der Waals surface area contributed by atoms with Crippen LogP contribution in [0.2, 0.25) is 0 Å². The van der Waals surface area contributed by atoms with Crippen molar-refractivity contribution < 1.29 is 4.79 Å². The molecule has 0 atom stereocenters. The molecule has 6 heteroatoms. The number of carbonyl (C=O) groups excluding carboxylic acids is 1. The average Bonchev–Trinajstić information content (AvgIpc) is 3.04. The van der Waals surface area contributed by atoms with Crippen LogP contribution in [-0.2, 0) is 4.79 Å². The van der Waals surface area contributed by atoms with E-state index >= 15 is 0 Å². The first-order chi connectivity index (χ1) is 12.2. The second kappa shape index (κ2) is 5.86. The summed E-state index contributed by atoms with van der Waals surface area (Å²) in [6, 6.07) is 8.17. The Morgan fingerprint density at radius 1 is 1.15 bits per heavy atom. The van der Waals surface area contributed by atoms with E-state index in [-0.39, 0.29) is 23.0 Å². The van der Waals surface area contributed by atoms with Gasteiger partial charge in [-0.3, -0.25) is 15.1 Å². The van der Waals surface area contributed by atoms with Crippen LogP contribution in [0, 0.1) is 5.41 Å². The zero-order valence-electron chi connectivity index (χ0n) is 15.8. The molecule has 1 aromatic carbocycles. The number of anilines is 1. The third-order valence-electron chi connectivity index (χ3n) is 5.28. The van der Waals surface area contributed by atoms with Crippen molar-refractivity contribution in [2.45, 2.75) is 69.0 Å². The molecule has 1 amide bonds. The van der Waals surface area contributed by atoms with Gasteiger partial charge >= 0.3 is 0 Å². The summed E-state index contributed by atoms with van der Waals surface area (Å²) in [6.07, 6.45) is 2.02. The van der Waals surface area contributed by atoms with Gasteiger partial charge in [-0.05, 0) is 52.7 Å². The van der Waals surface area contributed by atoms with Gasteiger partial charge in [0.15, 0.2) is 0 Å². The number of carbonyl (C=O) groups is 1. The van der Waals surface area contributed by atoms with E-state index in [1.165, 1.54) is 0 Å². The van der Waals surface area contributed by atoms with E-state index in [4.69, 9.17) is 5.41 Å². The lowest BCUT2D eigenvalue weighted by Crippen LogP contribution is -2.62. The molecule has 26 heavy (non-hydrogen) atoms. The highest BCUT2D eigenvalue weighted by Crippen LogP contribution is 2.44. The first kappa shape index (κ1) is 17.6. The molecule has 4 rings (SSSR count). The monoisotopic (exact) mass is 370 g/mol. The number of thioether (sulfide) groups is 1. The molecule has 1 aromatic rings. The summed E-state index contributed by atoms with van der Waals surface area (Å²) in [6.45, 7) is 8.70. The summed E-state index contributed by atoms with van der Waals surface area (Å²) in [7, 11) is 0. The summed E-state index contributed by atoms with van der Waals surface area (Å²) < 4.78 is 0. The molecule has 3 N–H and O–H groups in total. The predicted molar refractivity (Wildman–Crippen MR) is 106 cm³/mol.